The first-order valence-electron chi connectivity index (χ1n) is 3.70. The van der Waals surface area contributed by atoms with Crippen molar-refractivity contribution in [2.45, 2.75) is 6.54 Å². The van der Waals surface area contributed by atoms with Crippen molar-refractivity contribution in [1.82, 2.24) is 9.78 Å². The Morgan fingerprint density at radius 1 is 1.62 bits per heavy atom. The van der Waals surface area contributed by atoms with E-state index in [1.165, 1.54) is 10.9 Å². The Hall–Kier alpha value is -1.42. The summed E-state index contributed by atoms with van der Waals surface area (Å²) in [6, 6.07) is 3.60. The highest BCUT2D eigenvalue weighted by Gasteiger charge is 2.07. The second kappa shape index (κ2) is 3.14. The lowest BCUT2D eigenvalue weighted by Crippen LogP contribution is -1.99. The van der Waals surface area contributed by atoms with Gasteiger partial charge in [-0.2, -0.15) is 5.10 Å². The van der Waals surface area contributed by atoms with Crippen LogP contribution in [0.5, 0.6) is 5.75 Å². The Labute approximate surface area is 79.4 Å². The molecule has 0 spiro atoms. The first-order valence-corrected chi connectivity index (χ1v) is 4.08. The molecule has 2 aromatic rings. The predicted molar refractivity (Wildman–Crippen MR) is 46.7 cm³/mol. The normalized spacial score (nSPS) is 10.5. The van der Waals surface area contributed by atoms with Gasteiger partial charge in [0.2, 0.25) is 0 Å². The summed E-state index contributed by atoms with van der Waals surface area (Å²) >= 11 is 5.73. The largest absolute Gasteiger partial charge is 0.504 e. The summed E-state index contributed by atoms with van der Waals surface area (Å²) < 4.78 is 6.55. The summed E-state index contributed by atoms with van der Waals surface area (Å²) in [5, 5.41) is 13.2. The quantitative estimate of drug-likeness (QED) is 0.802. The number of nitrogens with zero attached hydrogens (tertiary/aromatic N) is 2. The van der Waals surface area contributed by atoms with E-state index in [1.807, 2.05) is 6.07 Å². The standard InChI is InChI=1S/C8H7ClN2O2/c9-8-7(12)4-10-11(8)5-6-2-1-3-13-6/h1-4,12H,5H2. The molecular formula is C8H7ClN2O2. The number of halogens is 1. The van der Waals surface area contributed by atoms with E-state index in [9.17, 15) is 0 Å². The van der Waals surface area contributed by atoms with Crippen molar-refractivity contribution in [2.24, 2.45) is 0 Å². The van der Waals surface area contributed by atoms with Gasteiger partial charge < -0.3 is 9.52 Å². The van der Waals surface area contributed by atoms with Crippen molar-refractivity contribution < 1.29 is 9.52 Å². The fourth-order valence-corrected chi connectivity index (χ4v) is 1.17. The molecule has 1 N–H and O–H groups in total. The smallest absolute Gasteiger partial charge is 0.173 e. The summed E-state index contributed by atoms with van der Waals surface area (Å²) in [6.07, 6.45) is 2.87. The van der Waals surface area contributed by atoms with Gasteiger partial charge in [-0.15, -0.1) is 0 Å². The lowest BCUT2D eigenvalue weighted by atomic mass is 10.4. The Bertz CT molecular complexity index is 394. The number of rotatable bonds is 2. The molecule has 0 saturated carbocycles. The first-order chi connectivity index (χ1) is 6.27. The minimum atomic E-state index is -0.0202. The Balaban J connectivity index is 2.24. The number of aromatic hydroxyl groups is 1. The second-order valence-corrected chi connectivity index (χ2v) is 2.92. The van der Waals surface area contributed by atoms with Crippen molar-refractivity contribution >= 4 is 11.6 Å². The van der Waals surface area contributed by atoms with Gasteiger partial charge in [-0.05, 0) is 12.1 Å². The van der Waals surface area contributed by atoms with E-state index in [-0.39, 0.29) is 10.9 Å². The lowest BCUT2D eigenvalue weighted by Gasteiger charge is -1.98. The Kier molecular flexibility index (Phi) is 1.98. The van der Waals surface area contributed by atoms with E-state index in [4.69, 9.17) is 21.1 Å². The van der Waals surface area contributed by atoms with Crippen LogP contribution in [0.15, 0.2) is 29.0 Å². The van der Waals surface area contributed by atoms with Gasteiger partial charge in [0, 0.05) is 0 Å². The minimum Gasteiger partial charge on any atom is -0.504 e. The molecule has 0 amide bonds. The topological polar surface area (TPSA) is 51.2 Å². The molecule has 0 unspecified atom stereocenters. The molecule has 5 heteroatoms. The maximum Gasteiger partial charge on any atom is 0.173 e. The fraction of sp³-hybridized carbons (Fsp3) is 0.125. The van der Waals surface area contributed by atoms with E-state index in [1.54, 1.807) is 12.3 Å². The molecule has 0 atom stereocenters. The van der Waals surface area contributed by atoms with Gasteiger partial charge in [0.1, 0.15) is 12.3 Å². The first kappa shape index (κ1) is 8.19. The van der Waals surface area contributed by atoms with Gasteiger partial charge >= 0.3 is 0 Å². The third kappa shape index (κ3) is 1.53. The van der Waals surface area contributed by atoms with Crippen LogP contribution in [-0.2, 0) is 6.54 Å². The molecule has 2 aromatic heterocycles. The predicted octanol–water partition coefficient (Wildman–Crippen LogP) is 1.88. The van der Waals surface area contributed by atoms with Gasteiger partial charge in [0.05, 0.1) is 12.5 Å². The summed E-state index contributed by atoms with van der Waals surface area (Å²) in [7, 11) is 0. The molecule has 0 saturated heterocycles. The van der Waals surface area contributed by atoms with Crippen LogP contribution in [0.2, 0.25) is 5.15 Å². The van der Waals surface area contributed by atoms with Gasteiger partial charge in [0.25, 0.3) is 0 Å². The summed E-state index contributed by atoms with van der Waals surface area (Å²) in [5.74, 6) is 0.721. The lowest BCUT2D eigenvalue weighted by molar-refractivity contribution is 0.467. The third-order valence-corrected chi connectivity index (χ3v) is 2.03. The summed E-state index contributed by atoms with van der Waals surface area (Å²) in [5.41, 5.74) is 0. The van der Waals surface area contributed by atoms with Gasteiger partial charge in [-0.3, -0.25) is 0 Å². The van der Waals surface area contributed by atoms with E-state index in [0.717, 1.165) is 5.76 Å². The van der Waals surface area contributed by atoms with Crippen LogP contribution in [0.1, 0.15) is 5.76 Å². The maximum absolute atomic E-state index is 9.12. The molecule has 2 rings (SSSR count). The van der Waals surface area contributed by atoms with Crippen LogP contribution < -0.4 is 0 Å². The number of aromatic nitrogens is 2. The van der Waals surface area contributed by atoms with E-state index in [2.05, 4.69) is 5.10 Å². The van der Waals surface area contributed by atoms with Crippen LogP contribution in [0.25, 0.3) is 0 Å². The molecule has 13 heavy (non-hydrogen) atoms. The van der Waals surface area contributed by atoms with Crippen LogP contribution in [-0.4, -0.2) is 14.9 Å². The Morgan fingerprint density at radius 2 is 2.46 bits per heavy atom. The van der Waals surface area contributed by atoms with Crippen LogP contribution in [0.4, 0.5) is 0 Å². The van der Waals surface area contributed by atoms with Crippen LogP contribution in [0.3, 0.4) is 0 Å². The second-order valence-electron chi connectivity index (χ2n) is 2.56. The van der Waals surface area contributed by atoms with Gasteiger partial charge in [-0.1, -0.05) is 11.6 Å². The molecular weight excluding hydrogens is 192 g/mol. The average molecular weight is 199 g/mol. The number of hydrogen-bond acceptors (Lipinski definition) is 3. The number of hydrogen-bond donors (Lipinski definition) is 1. The Morgan fingerprint density at radius 3 is 3.00 bits per heavy atom. The van der Waals surface area contributed by atoms with Crippen molar-refractivity contribution in [3.63, 3.8) is 0 Å². The molecule has 2 heterocycles. The molecule has 4 nitrogen and oxygen atoms in total. The monoisotopic (exact) mass is 198 g/mol. The van der Waals surface area contributed by atoms with Crippen molar-refractivity contribution in [3.8, 4) is 5.75 Å². The third-order valence-electron chi connectivity index (χ3n) is 1.64. The van der Waals surface area contributed by atoms with Crippen LogP contribution in [0, 0.1) is 0 Å². The highest BCUT2D eigenvalue weighted by Crippen LogP contribution is 2.22. The molecule has 0 fully saturated rings. The molecule has 0 aliphatic rings. The molecule has 0 radical (unpaired) electrons. The highest BCUT2D eigenvalue weighted by atomic mass is 35.5. The maximum atomic E-state index is 9.12. The van der Waals surface area contributed by atoms with E-state index < -0.39 is 0 Å². The molecule has 0 aromatic carbocycles. The molecule has 68 valence electrons. The fourth-order valence-electron chi connectivity index (χ4n) is 1.02. The zero-order valence-corrected chi connectivity index (χ0v) is 7.40. The zero-order valence-electron chi connectivity index (χ0n) is 6.64. The van der Waals surface area contributed by atoms with Crippen molar-refractivity contribution in [1.29, 1.82) is 0 Å². The molecule has 0 aliphatic carbocycles. The zero-order chi connectivity index (χ0) is 9.26. The molecule has 0 bridgehead atoms. The van der Waals surface area contributed by atoms with Crippen molar-refractivity contribution in [3.05, 3.63) is 35.5 Å². The molecule has 0 aliphatic heterocycles. The summed E-state index contributed by atoms with van der Waals surface area (Å²) in [6.45, 7) is 0.423. The van der Waals surface area contributed by atoms with Crippen LogP contribution >= 0.6 is 11.6 Å². The minimum absolute atomic E-state index is 0.0202. The van der Waals surface area contributed by atoms with E-state index >= 15 is 0 Å². The summed E-state index contributed by atoms with van der Waals surface area (Å²) in [4.78, 5) is 0. The highest BCUT2D eigenvalue weighted by molar-refractivity contribution is 6.30. The number of furan rings is 1. The van der Waals surface area contributed by atoms with Gasteiger partial charge in [-0.25, -0.2) is 4.68 Å². The van der Waals surface area contributed by atoms with Crippen molar-refractivity contribution in [2.75, 3.05) is 0 Å². The average Bonchev–Trinajstić information content (AvgIpc) is 2.71. The van der Waals surface area contributed by atoms with E-state index in [0.29, 0.717) is 6.54 Å². The van der Waals surface area contributed by atoms with Gasteiger partial charge in [0.15, 0.2) is 10.9 Å². The SMILES string of the molecule is Oc1cnn(Cc2ccco2)c1Cl.